The fourth-order valence-corrected chi connectivity index (χ4v) is 1.84. The van der Waals surface area contributed by atoms with Crippen LogP contribution in [0.3, 0.4) is 0 Å². The molecule has 1 aromatic rings. The minimum absolute atomic E-state index is 0. The van der Waals surface area contributed by atoms with Crippen LogP contribution in [-0.2, 0) is 0 Å². The number of nitrogens with zero attached hydrogens (tertiary/aromatic N) is 2. The summed E-state index contributed by atoms with van der Waals surface area (Å²) in [5.41, 5.74) is 5.17. The topological polar surface area (TPSA) is 90.1 Å². The number of rotatable bonds is 3. The second kappa shape index (κ2) is 6.83. The van der Waals surface area contributed by atoms with E-state index in [2.05, 4.69) is 15.5 Å². The van der Waals surface area contributed by atoms with Gasteiger partial charge in [-0.15, -0.1) is 22.6 Å². The predicted octanol–water partition coefficient (Wildman–Crippen LogP) is 0.730. The molecule has 1 aromatic heterocycles. The highest BCUT2D eigenvalue weighted by Gasteiger charge is 2.28. The monoisotopic (exact) mass is 310 g/mol. The maximum absolute atomic E-state index is 13.6. The van der Waals surface area contributed by atoms with Crippen LogP contribution in [0, 0.1) is 0 Å². The summed E-state index contributed by atoms with van der Waals surface area (Å²) in [6, 6.07) is 1.25. The molecule has 0 bridgehead atoms. The molecule has 1 amide bonds. The van der Waals surface area contributed by atoms with Gasteiger partial charge < -0.3 is 15.8 Å². The molecule has 0 aliphatic carbocycles. The molecule has 0 unspecified atom stereocenters. The summed E-state index contributed by atoms with van der Waals surface area (Å²) in [6.45, 7) is 0.843. The highest BCUT2D eigenvalue weighted by molar-refractivity contribution is 6.29. The average molecular weight is 311 g/mol. The Morgan fingerprint density at radius 3 is 2.95 bits per heavy atom. The third-order valence-electron chi connectivity index (χ3n) is 2.61. The zero-order valence-electron chi connectivity index (χ0n) is 9.81. The lowest BCUT2D eigenvalue weighted by Crippen LogP contribution is -2.44. The van der Waals surface area contributed by atoms with Crippen LogP contribution in [0.25, 0.3) is 0 Å². The molecule has 2 heterocycles. The Morgan fingerprint density at radius 2 is 2.32 bits per heavy atom. The summed E-state index contributed by atoms with van der Waals surface area (Å²) in [6.07, 6.45) is -1.36. The van der Waals surface area contributed by atoms with Gasteiger partial charge in [-0.25, -0.2) is 4.39 Å². The molecular formula is C10H13Cl2FN4O2. The largest absolute Gasteiger partial charge is 0.470 e. The van der Waals surface area contributed by atoms with E-state index < -0.39 is 18.2 Å². The fourth-order valence-electron chi connectivity index (χ4n) is 1.69. The number of aromatic nitrogens is 2. The van der Waals surface area contributed by atoms with Gasteiger partial charge in [0.1, 0.15) is 17.8 Å². The lowest BCUT2D eigenvalue weighted by atomic mass is 10.1. The van der Waals surface area contributed by atoms with Crippen molar-refractivity contribution in [3.05, 3.63) is 16.8 Å². The van der Waals surface area contributed by atoms with Crippen molar-refractivity contribution in [1.82, 2.24) is 15.5 Å². The molecule has 1 aliphatic heterocycles. The van der Waals surface area contributed by atoms with Crippen LogP contribution in [-0.4, -0.2) is 41.5 Å². The predicted molar refractivity (Wildman–Crippen MR) is 69.6 cm³/mol. The average Bonchev–Trinajstić information content (AvgIpc) is 2.34. The van der Waals surface area contributed by atoms with Crippen molar-refractivity contribution in [2.75, 3.05) is 13.1 Å². The molecule has 0 saturated carbocycles. The van der Waals surface area contributed by atoms with Crippen LogP contribution in [0.2, 0.25) is 5.15 Å². The van der Waals surface area contributed by atoms with E-state index in [0.717, 1.165) is 0 Å². The summed E-state index contributed by atoms with van der Waals surface area (Å²) in [5.74, 6) is -0.826. The highest BCUT2D eigenvalue weighted by atomic mass is 35.5. The number of amides is 1. The van der Waals surface area contributed by atoms with E-state index in [4.69, 9.17) is 22.1 Å². The molecule has 0 spiro atoms. The first-order valence-corrected chi connectivity index (χ1v) is 5.80. The molecule has 9 heteroatoms. The number of halogens is 3. The first-order valence-electron chi connectivity index (χ1n) is 5.42. The van der Waals surface area contributed by atoms with E-state index in [1.54, 1.807) is 0 Å². The minimum atomic E-state index is -1.17. The van der Waals surface area contributed by atoms with Crippen LogP contribution in [0.5, 0.6) is 5.88 Å². The van der Waals surface area contributed by atoms with Gasteiger partial charge in [0.15, 0.2) is 5.15 Å². The van der Waals surface area contributed by atoms with Crippen molar-refractivity contribution in [2.45, 2.75) is 18.7 Å². The van der Waals surface area contributed by atoms with Crippen molar-refractivity contribution in [2.24, 2.45) is 5.73 Å². The van der Waals surface area contributed by atoms with Crippen LogP contribution >= 0.6 is 24.0 Å². The zero-order valence-corrected chi connectivity index (χ0v) is 11.4. The van der Waals surface area contributed by atoms with Crippen LogP contribution in [0.1, 0.15) is 16.8 Å². The van der Waals surface area contributed by atoms with E-state index in [9.17, 15) is 9.18 Å². The lowest BCUT2D eigenvalue weighted by molar-refractivity contribution is 0.0667. The normalized spacial score (nSPS) is 22.4. The maximum Gasteiger partial charge on any atom is 0.254 e. The van der Waals surface area contributed by atoms with Gasteiger partial charge in [-0.1, -0.05) is 11.6 Å². The third-order valence-corrected chi connectivity index (χ3v) is 2.79. The van der Waals surface area contributed by atoms with E-state index in [0.29, 0.717) is 13.0 Å². The minimum Gasteiger partial charge on any atom is -0.470 e. The van der Waals surface area contributed by atoms with Crippen LogP contribution < -0.4 is 15.8 Å². The number of piperidine rings is 1. The van der Waals surface area contributed by atoms with Crippen LogP contribution in [0.15, 0.2) is 6.07 Å². The number of hydrogen-bond donors (Lipinski definition) is 2. The molecule has 2 atom stereocenters. The standard InChI is InChI=1S/C10H12ClFN4O2.ClH/c11-8-3-5(9(13)17)10(16-15-8)18-7-1-2-14-4-6(7)12;/h3,6-7,14H,1-2,4H2,(H2,13,17);1H/t6-,7-;/m0./s1. The molecule has 19 heavy (non-hydrogen) atoms. The van der Waals surface area contributed by atoms with E-state index in [-0.39, 0.29) is 35.5 Å². The van der Waals surface area contributed by atoms with Gasteiger partial charge in [-0.2, -0.15) is 0 Å². The van der Waals surface area contributed by atoms with Crippen molar-refractivity contribution in [3.63, 3.8) is 0 Å². The van der Waals surface area contributed by atoms with Crippen LogP contribution in [0.4, 0.5) is 4.39 Å². The first kappa shape index (κ1) is 15.9. The lowest BCUT2D eigenvalue weighted by Gasteiger charge is -2.27. The molecule has 1 fully saturated rings. The van der Waals surface area contributed by atoms with Gasteiger partial charge in [0.05, 0.1) is 0 Å². The van der Waals surface area contributed by atoms with E-state index in [1.165, 1.54) is 6.07 Å². The molecule has 0 radical (unpaired) electrons. The van der Waals surface area contributed by atoms with E-state index >= 15 is 0 Å². The zero-order chi connectivity index (χ0) is 13.1. The van der Waals surface area contributed by atoms with Crippen molar-refractivity contribution < 1.29 is 13.9 Å². The smallest absolute Gasteiger partial charge is 0.254 e. The fraction of sp³-hybridized carbons (Fsp3) is 0.500. The van der Waals surface area contributed by atoms with Crippen molar-refractivity contribution in [1.29, 1.82) is 0 Å². The summed E-state index contributed by atoms with van der Waals surface area (Å²) < 4.78 is 18.9. The second-order valence-corrected chi connectivity index (χ2v) is 4.30. The maximum atomic E-state index is 13.6. The number of carbonyl (C=O) groups is 1. The van der Waals surface area contributed by atoms with Gasteiger partial charge in [-0.05, 0) is 19.0 Å². The first-order chi connectivity index (χ1) is 8.58. The molecular weight excluding hydrogens is 298 g/mol. The second-order valence-electron chi connectivity index (χ2n) is 3.92. The van der Waals surface area contributed by atoms with E-state index in [1.807, 2.05) is 0 Å². The Labute approximate surface area is 120 Å². The number of ether oxygens (including phenoxy) is 1. The molecule has 0 aromatic carbocycles. The summed E-state index contributed by atoms with van der Waals surface area (Å²) >= 11 is 5.61. The van der Waals surface area contributed by atoms with Gasteiger partial charge in [-0.3, -0.25) is 4.79 Å². The van der Waals surface area contributed by atoms with Gasteiger partial charge in [0, 0.05) is 6.54 Å². The number of nitrogens with two attached hydrogens (primary N) is 1. The molecule has 2 rings (SSSR count). The van der Waals surface area contributed by atoms with Gasteiger partial charge in [0.2, 0.25) is 5.88 Å². The summed E-state index contributed by atoms with van der Waals surface area (Å²) in [5, 5.41) is 10.1. The quantitative estimate of drug-likeness (QED) is 0.859. The molecule has 6 nitrogen and oxygen atoms in total. The SMILES string of the molecule is Cl.NC(=O)c1cc(Cl)nnc1O[C@H]1CCNC[C@@H]1F. The molecule has 3 N–H and O–H groups in total. The molecule has 1 aliphatic rings. The highest BCUT2D eigenvalue weighted by Crippen LogP contribution is 2.21. The Morgan fingerprint density at radius 1 is 1.58 bits per heavy atom. The Balaban J connectivity index is 0.00000180. The number of hydrogen-bond acceptors (Lipinski definition) is 5. The van der Waals surface area contributed by atoms with Crippen molar-refractivity contribution in [3.8, 4) is 5.88 Å². The van der Waals surface area contributed by atoms with Gasteiger partial charge in [0.25, 0.3) is 5.91 Å². The number of primary amides is 1. The Hall–Kier alpha value is -1.18. The number of alkyl halides is 1. The Bertz CT molecular complexity index is 463. The van der Waals surface area contributed by atoms with Gasteiger partial charge >= 0.3 is 0 Å². The summed E-state index contributed by atoms with van der Waals surface area (Å²) in [4.78, 5) is 11.2. The Kier molecular flexibility index (Phi) is 5.71. The molecule has 106 valence electrons. The van der Waals surface area contributed by atoms with Crippen molar-refractivity contribution >= 4 is 29.9 Å². The summed E-state index contributed by atoms with van der Waals surface area (Å²) in [7, 11) is 0. The number of nitrogens with one attached hydrogen (secondary N) is 1. The molecule has 1 saturated heterocycles. The third kappa shape index (κ3) is 3.89. The number of carbonyl (C=O) groups excluding carboxylic acids is 1.